The summed E-state index contributed by atoms with van der Waals surface area (Å²) in [5.41, 5.74) is -1.05. The van der Waals surface area contributed by atoms with Crippen LogP contribution in [0.3, 0.4) is 0 Å². The Labute approximate surface area is 194 Å². The van der Waals surface area contributed by atoms with E-state index in [9.17, 15) is 23.2 Å². The molecule has 1 aliphatic carbocycles. The number of anilines is 2. The molecule has 0 radical (unpaired) electrons. The van der Waals surface area contributed by atoms with Crippen LogP contribution in [0.25, 0.3) is 10.9 Å². The van der Waals surface area contributed by atoms with Crippen molar-refractivity contribution in [3.63, 3.8) is 0 Å². The highest BCUT2D eigenvalue weighted by atomic mass is 19.4. The lowest BCUT2D eigenvalue weighted by Crippen LogP contribution is -2.49. The van der Waals surface area contributed by atoms with Crippen molar-refractivity contribution in [2.75, 3.05) is 11.9 Å². The first-order valence-electron chi connectivity index (χ1n) is 11.5. The van der Waals surface area contributed by atoms with Gasteiger partial charge in [0, 0.05) is 11.9 Å². The zero-order valence-electron chi connectivity index (χ0n) is 18.5. The lowest BCUT2D eigenvalue weighted by atomic mass is 9.85. The van der Waals surface area contributed by atoms with Crippen molar-refractivity contribution in [2.24, 2.45) is 5.92 Å². The number of rotatable bonds is 4. The first kappa shape index (κ1) is 22.5. The molecule has 5 rings (SSSR count). The molecule has 2 unspecified atom stereocenters. The quantitative estimate of drug-likeness (QED) is 0.506. The second kappa shape index (κ2) is 8.47. The van der Waals surface area contributed by atoms with Crippen LogP contribution in [0.15, 0.2) is 41.3 Å². The average molecular weight is 470 g/mol. The van der Waals surface area contributed by atoms with Gasteiger partial charge < -0.3 is 10.3 Å². The summed E-state index contributed by atoms with van der Waals surface area (Å²) in [6.07, 6.45) is 1.14. The predicted molar refractivity (Wildman–Crippen MR) is 122 cm³/mol. The maximum atomic E-state index is 13.9. The molecule has 0 amide bonds. The molecule has 1 saturated heterocycles. The summed E-state index contributed by atoms with van der Waals surface area (Å²) in [5.74, 6) is 0.122. The number of nitrogens with zero attached hydrogens (tertiary/aromatic N) is 3. The van der Waals surface area contributed by atoms with E-state index in [1.165, 1.54) is 12.1 Å². The van der Waals surface area contributed by atoms with E-state index in [1.54, 1.807) is 29.1 Å². The molecule has 2 aromatic heterocycles. The van der Waals surface area contributed by atoms with Crippen LogP contribution in [-0.2, 0) is 5.54 Å². The van der Waals surface area contributed by atoms with Gasteiger partial charge in [0.15, 0.2) is 5.82 Å². The monoisotopic (exact) mass is 470 g/mol. The predicted octanol–water partition coefficient (Wildman–Crippen LogP) is 4.86. The van der Waals surface area contributed by atoms with E-state index in [-0.39, 0.29) is 29.5 Å². The number of aromatic nitrogens is 3. The van der Waals surface area contributed by atoms with Gasteiger partial charge in [-0.1, -0.05) is 25.0 Å². The number of pyridine rings is 1. The van der Waals surface area contributed by atoms with Gasteiger partial charge in [-0.15, -0.1) is 0 Å². The van der Waals surface area contributed by atoms with E-state index in [1.807, 2.05) is 0 Å². The number of benzene rings is 1. The van der Waals surface area contributed by atoms with Crippen LogP contribution < -0.4 is 16.2 Å². The molecular weight excluding hydrogens is 445 g/mol. The van der Waals surface area contributed by atoms with Crippen molar-refractivity contribution in [1.82, 2.24) is 20.1 Å². The summed E-state index contributed by atoms with van der Waals surface area (Å²) >= 11 is 0. The van der Waals surface area contributed by atoms with Gasteiger partial charge in [0.1, 0.15) is 10.9 Å². The number of aromatic amines is 1. The fourth-order valence-corrected chi connectivity index (χ4v) is 5.36. The van der Waals surface area contributed by atoms with Crippen molar-refractivity contribution >= 4 is 22.4 Å². The number of halogens is 3. The SMILES string of the molecule is N#CC1CCCC[C@@H]1n1nc(Nc2ccc(C3(C(F)(F)F)CCCN3)cc2)c2c(=O)[nH]ccc21. The van der Waals surface area contributed by atoms with Gasteiger partial charge in [0.05, 0.1) is 23.5 Å². The number of hydrogen-bond donors (Lipinski definition) is 3. The van der Waals surface area contributed by atoms with E-state index in [0.717, 1.165) is 25.7 Å². The molecule has 0 bridgehead atoms. The highest BCUT2D eigenvalue weighted by Crippen LogP contribution is 2.45. The third-order valence-corrected chi connectivity index (χ3v) is 7.12. The Hall–Kier alpha value is -3.32. The maximum absolute atomic E-state index is 13.9. The topological polar surface area (TPSA) is 98.5 Å². The normalized spacial score (nSPS) is 25.4. The molecule has 178 valence electrons. The van der Waals surface area contributed by atoms with Crippen molar-refractivity contribution in [3.05, 3.63) is 52.4 Å². The molecule has 10 heteroatoms. The van der Waals surface area contributed by atoms with Crippen molar-refractivity contribution in [1.29, 1.82) is 5.26 Å². The Bertz CT molecular complexity index is 1280. The Morgan fingerprint density at radius 1 is 1.15 bits per heavy atom. The minimum absolute atomic E-state index is 0.00482. The van der Waals surface area contributed by atoms with Crippen LogP contribution in [-0.4, -0.2) is 27.5 Å². The number of alkyl halides is 3. The first-order chi connectivity index (χ1) is 16.3. The van der Waals surface area contributed by atoms with Crippen molar-refractivity contribution in [2.45, 2.75) is 56.3 Å². The number of nitriles is 1. The summed E-state index contributed by atoms with van der Waals surface area (Å²) in [4.78, 5) is 15.3. The van der Waals surface area contributed by atoms with E-state index in [0.29, 0.717) is 35.4 Å². The number of hydrogen-bond acceptors (Lipinski definition) is 5. The third-order valence-electron chi connectivity index (χ3n) is 7.12. The van der Waals surface area contributed by atoms with Crippen molar-refractivity contribution < 1.29 is 13.2 Å². The zero-order valence-corrected chi connectivity index (χ0v) is 18.5. The highest BCUT2D eigenvalue weighted by molar-refractivity contribution is 5.91. The molecule has 0 spiro atoms. The van der Waals surface area contributed by atoms with Gasteiger partial charge in [-0.25, -0.2) is 0 Å². The molecule has 2 fully saturated rings. The molecule has 34 heavy (non-hydrogen) atoms. The van der Waals surface area contributed by atoms with E-state index in [2.05, 4.69) is 26.8 Å². The Kier molecular flexibility index (Phi) is 5.60. The standard InChI is InChI=1S/C24H25F3N6O/c25-24(26,27)23(11-3-12-30-23)16-6-8-17(9-7-16)31-21-20-19(10-13-29-22(20)34)33(32-21)18-5-2-1-4-15(18)14-28/h6-10,13,15,18,30H,1-5,11-12H2,(H,29,34)(H,31,32)/t15?,18-,23?/m0/s1. The number of H-pyrrole nitrogens is 1. The Morgan fingerprint density at radius 2 is 1.91 bits per heavy atom. The molecule has 1 aliphatic heterocycles. The van der Waals surface area contributed by atoms with Crippen LogP contribution in [0, 0.1) is 17.2 Å². The fraction of sp³-hybridized carbons (Fsp3) is 0.458. The van der Waals surface area contributed by atoms with Crippen LogP contribution in [0.2, 0.25) is 0 Å². The summed E-state index contributed by atoms with van der Waals surface area (Å²) in [5, 5.41) is 20.4. The average Bonchev–Trinajstić information content (AvgIpc) is 3.47. The van der Waals surface area contributed by atoms with Crippen LogP contribution >= 0.6 is 0 Å². The summed E-state index contributed by atoms with van der Waals surface area (Å²) in [6.45, 7) is 0.316. The summed E-state index contributed by atoms with van der Waals surface area (Å²) < 4.78 is 43.3. The molecule has 3 N–H and O–H groups in total. The van der Waals surface area contributed by atoms with Gasteiger partial charge >= 0.3 is 6.18 Å². The second-order valence-corrected chi connectivity index (χ2v) is 9.08. The van der Waals surface area contributed by atoms with Gasteiger partial charge in [0.2, 0.25) is 0 Å². The lowest BCUT2D eigenvalue weighted by molar-refractivity contribution is -0.196. The molecular formula is C24H25F3N6O. The minimum Gasteiger partial charge on any atom is -0.338 e. The number of nitrogens with one attached hydrogen (secondary N) is 3. The van der Waals surface area contributed by atoms with E-state index in [4.69, 9.17) is 0 Å². The Morgan fingerprint density at radius 3 is 2.59 bits per heavy atom. The van der Waals surface area contributed by atoms with E-state index < -0.39 is 11.7 Å². The van der Waals surface area contributed by atoms with Gasteiger partial charge in [-0.3, -0.25) is 14.8 Å². The molecule has 2 aliphatic rings. The molecule has 1 aromatic carbocycles. The van der Waals surface area contributed by atoms with Gasteiger partial charge in [0.25, 0.3) is 5.56 Å². The minimum atomic E-state index is -4.40. The lowest BCUT2D eigenvalue weighted by Gasteiger charge is -2.32. The smallest absolute Gasteiger partial charge is 0.338 e. The molecule has 3 atom stereocenters. The van der Waals surface area contributed by atoms with Crippen LogP contribution in [0.5, 0.6) is 0 Å². The third kappa shape index (κ3) is 3.64. The Balaban J connectivity index is 1.50. The summed E-state index contributed by atoms with van der Waals surface area (Å²) in [7, 11) is 0. The second-order valence-electron chi connectivity index (χ2n) is 9.08. The van der Waals surface area contributed by atoms with Gasteiger partial charge in [-0.2, -0.15) is 23.5 Å². The van der Waals surface area contributed by atoms with Crippen LogP contribution in [0.4, 0.5) is 24.7 Å². The number of fused-ring (bicyclic) bond motifs is 1. The largest absolute Gasteiger partial charge is 0.410 e. The summed E-state index contributed by atoms with van der Waals surface area (Å²) in [6, 6.07) is 10.1. The maximum Gasteiger partial charge on any atom is 0.410 e. The zero-order chi connectivity index (χ0) is 23.9. The molecule has 7 nitrogen and oxygen atoms in total. The molecule has 3 heterocycles. The first-order valence-corrected chi connectivity index (χ1v) is 11.5. The van der Waals surface area contributed by atoms with Crippen molar-refractivity contribution in [3.8, 4) is 6.07 Å². The molecule has 1 saturated carbocycles. The van der Waals surface area contributed by atoms with E-state index >= 15 is 0 Å². The highest BCUT2D eigenvalue weighted by Gasteiger charge is 2.57. The van der Waals surface area contributed by atoms with Gasteiger partial charge in [-0.05, 0) is 56.0 Å². The molecule has 3 aromatic rings. The van der Waals surface area contributed by atoms with Crippen LogP contribution in [0.1, 0.15) is 50.1 Å². The fourth-order valence-electron chi connectivity index (χ4n) is 5.36.